The maximum Gasteiger partial charge on any atom is 0.256 e. The maximum absolute atomic E-state index is 12.3. The van der Waals surface area contributed by atoms with Crippen molar-refractivity contribution in [3.05, 3.63) is 63.4 Å². The highest BCUT2D eigenvalue weighted by Crippen LogP contribution is 2.15. The Bertz CT molecular complexity index is 871. The van der Waals surface area contributed by atoms with Crippen LogP contribution < -0.4 is 10.7 Å². The smallest absolute Gasteiger partial charge is 0.256 e. The van der Waals surface area contributed by atoms with Crippen LogP contribution in [-0.4, -0.2) is 27.4 Å². The molecule has 1 amide bonds. The quantitative estimate of drug-likeness (QED) is 0.686. The molecule has 2 aromatic heterocycles. The van der Waals surface area contributed by atoms with Crippen molar-refractivity contribution in [2.45, 2.75) is 6.42 Å². The molecule has 0 saturated heterocycles. The number of nitrogens with one attached hydrogen (secondary N) is 3. The fourth-order valence-corrected chi connectivity index (χ4v) is 2.36. The summed E-state index contributed by atoms with van der Waals surface area (Å²) in [6, 6.07) is 4.88. The summed E-state index contributed by atoms with van der Waals surface area (Å²) in [5.41, 5.74) is 1.29. The second-order valence-corrected chi connectivity index (χ2v) is 5.24. The summed E-state index contributed by atoms with van der Waals surface area (Å²) in [4.78, 5) is 34.2. The Kier molecular flexibility index (Phi) is 3.93. The number of hydrogen-bond acceptors (Lipinski definition) is 3. The third-order valence-corrected chi connectivity index (χ3v) is 3.56. The average Bonchev–Trinajstić information content (AvgIpc) is 3.00. The van der Waals surface area contributed by atoms with Crippen LogP contribution in [0.1, 0.15) is 16.1 Å². The number of aromatic amines is 2. The molecule has 0 bridgehead atoms. The van der Waals surface area contributed by atoms with Gasteiger partial charge in [-0.2, -0.15) is 0 Å². The first-order chi connectivity index (χ1) is 10.6. The van der Waals surface area contributed by atoms with Crippen molar-refractivity contribution in [1.29, 1.82) is 0 Å². The van der Waals surface area contributed by atoms with Crippen LogP contribution in [0.5, 0.6) is 0 Å². The minimum absolute atomic E-state index is 0.0828. The van der Waals surface area contributed by atoms with E-state index in [1.165, 1.54) is 6.20 Å². The Morgan fingerprint density at radius 1 is 1.32 bits per heavy atom. The van der Waals surface area contributed by atoms with Gasteiger partial charge in [0.15, 0.2) is 0 Å². The molecule has 2 heterocycles. The number of imidazole rings is 1. The highest BCUT2D eigenvalue weighted by Gasteiger charge is 2.12. The third kappa shape index (κ3) is 2.87. The van der Waals surface area contributed by atoms with Gasteiger partial charge in [-0.1, -0.05) is 11.6 Å². The van der Waals surface area contributed by atoms with E-state index in [0.29, 0.717) is 28.9 Å². The minimum atomic E-state index is -0.405. The van der Waals surface area contributed by atoms with E-state index in [1.807, 2.05) is 0 Å². The van der Waals surface area contributed by atoms with Gasteiger partial charge in [0.05, 0.1) is 11.8 Å². The summed E-state index contributed by atoms with van der Waals surface area (Å²) in [5, 5.41) is 3.68. The van der Waals surface area contributed by atoms with Gasteiger partial charge in [-0.3, -0.25) is 9.59 Å². The van der Waals surface area contributed by atoms with E-state index >= 15 is 0 Å². The van der Waals surface area contributed by atoms with Gasteiger partial charge >= 0.3 is 0 Å². The predicted molar refractivity (Wildman–Crippen MR) is 84.2 cm³/mol. The number of rotatable bonds is 4. The van der Waals surface area contributed by atoms with Crippen molar-refractivity contribution in [1.82, 2.24) is 20.3 Å². The highest BCUT2D eigenvalue weighted by molar-refractivity contribution is 6.31. The lowest BCUT2D eigenvalue weighted by Crippen LogP contribution is -2.30. The number of H-pyrrole nitrogens is 2. The van der Waals surface area contributed by atoms with E-state index in [2.05, 4.69) is 20.3 Å². The number of fused-ring (bicyclic) bond motifs is 1. The molecule has 0 aliphatic heterocycles. The van der Waals surface area contributed by atoms with Gasteiger partial charge in [0.25, 0.3) is 5.91 Å². The lowest BCUT2D eigenvalue weighted by Gasteiger charge is -2.05. The van der Waals surface area contributed by atoms with E-state index < -0.39 is 5.91 Å². The van der Waals surface area contributed by atoms with Crippen LogP contribution in [0.2, 0.25) is 5.02 Å². The molecule has 0 saturated carbocycles. The molecule has 0 radical (unpaired) electrons. The second-order valence-electron chi connectivity index (χ2n) is 4.80. The normalized spacial score (nSPS) is 10.8. The van der Waals surface area contributed by atoms with Gasteiger partial charge in [-0.15, -0.1) is 0 Å². The Morgan fingerprint density at radius 3 is 2.95 bits per heavy atom. The Hall–Kier alpha value is -2.60. The molecule has 3 aromatic rings. The van der Waals surface area contributed by atoms with Crippen LogP contribution in [0, 0.1) is 0 Å². The van der Waals surface area contributed by atoms with E-state index in [4.69, 9.17) is 11.6 Å². The van der Waals surface area contributed by atoms with E-state index in [9.17, 15) is 9.59 Å². The van der Waals surface area contributed by atoms with Crippen LogP contribution in [0.25, 0.3) is 10.9 Å². The summed E-state index contributed by atoms with van der Waals surface area (Å²) in [6.45, 7) is 0.416. The van der Waals surface area contributed by atoms with Crippen molar-refractivity contribution in [2.75, 3.05) is 6.54 Å². The van der Waals surface area contributed by atoms with E-state index in [1.54, 1.807) is 30.7 Å². The maximum atomic E-state index is 12.3. The molecular weight excluding hydrogens is 304 g/mol. The predicted octanol–water partition coefficient (Wildman–Crippen LogP) is 1.88. The summed E-state index contributed by atoms with van der Waals surface area (Å²) in [7, 11) is 0. The fourth-order valence-electron chi connectivity index (χ4n) is 2.19. The first-order valence-electron chi connectivity index (χ1n) is 6.71. The highest BCUT2D eigenvalue weighted by atomic mass is 35.5. The fraction of sp³-hybridized carbons (Fsp3) is 0.133. The molecular formula is C15H13ClN4O2. The standard InChI is InChI=1S/C15H13ClN4O2/c16-9-1-2-11-13(5-9)19-7-12(14(11)21)15(22)18-4-3-10-6-17-8-20-10/h1-2,5-8H,3-4H2,(H,17,20)(H,18,22)(H,19,21). The minimum Gasteiger partial charge on any atom is -0.360 e. The molecule has 0 fully saturated rings. The van der Waals surface area contributed by atoms with Crippen molar-refractivity contribution >= 4 is 28.4 Å². The van der Waals surface area contributed by atoms with Gasteiger partial charge in [0, 0.05) is 41.5 Å². The number of hydrogen-bond donors (Lipinski definition) is 3. The largest absolute Gasteiger partial charge is 0.360 e. The number of benzene rings is 1. The lowest BCUT2D eigenvalue weighted by atomic mass is 10.1. The lowest BCUT2D eigenvalue weighted by molar-refractivity contribution is 0.0953. The van der Waals surface area contributed by atoms with Crippen LogP contribution in [0.4, 0.5) is 0 Å². The van der Waals surface area contributed by atoms with Crippen LogP contribution in [0.15, 0.2) is 41.7 Å². The third-order valence-electron chi connectivity index (χ3n) is 3.32. The summed E-state index contributed by atoms with van der Waals surface area (Å²) < 4.78 is 0. The molecule has 3 N–H and O–H groups in total. The summed E-state index contributed by atoms with van der Waals surface area (Å²) in [5.74, 6) is -0.405. The summed E-state index contributed by atoms with van der Waals surface area (Å²) in [6.07, 6.45) is 5.30. The van der Waals surface area contributed by atoms with E-state index in [-0.39, 0.29) is 11.0 Å². The molecule has 112 valence electrons. The Labute approximate surface area is 130 Å². The first-order valence-corrected chi connectivity index (χ1v) is 7.09. The molecule has 0 spiro atoms. The number of pyridine rings is 1. The molecule has 3 rings (SSSR count). The molecule has 6 nitrogen and oxygen atoms in total. The monoisotopic (exact) mass is 316 g/mol. The number of halogens is 1. The van der Waals surface area contributed by atoms with Crippen molar-refractivity contribution in [3.63, 3.8) is 0 Å². The van der Waals surface area contributed by atoms with Crippen molar-refractivity contribution < 1.29 is 4.79 Å². The molecule has 0 atom stereocenters. The number of nitrogens with zero attached hydrogens (tertiary/aromatic N) is 1. The van der Waals surface area contributed by atoms with Gasteiger partial charge in [0.1, 0.15) is 5.56 Å². The first kappa shape index (κ1) is 14.3. The number of carbonyl (C=O) groups excluding carboxylic acids is 1. The Morgan fingerprint density at radius 2 is 2.18 bits per heavy atom. The topological polar surface area (TPSA) is 90.6 Å². The Balaban J connectivity index is 1.77. The van der Waals surface area contributed by atoms with Gasteiger partial charge in [-0.05, 0) is 18.2 Å². The van der Waals surface area contributed by atoms with E-state index in [0.717, 1.165) is 5.69 Å². The second kappa shape index (κ2) is 6.03. The van der Waals surface area contributed by atoms with Crippen molar-refractivity contribution in [2.24, 2.45) is 0 Å². The molecule has 0 aliphatic rings. The molecule has 0 unspecified atom stereocenters. The van der Waals surface area contributed by atoms with Crippen LogP contribution >= 0.6 is 11.6 Å². The number of carbonyl (C=O) groups is 1. The molecule has 7 heteroatoms. The molecule has 1 aromatic carbocycles. The van der Waals surface area contributed by atoms with Gasteiger partial charge in [-0.25, -0.2) is 4.98 Å². The number of aromatic nitrogens is 3. The molecule has 22 heavy (non-hydrogen) atoms. The van der Waals surface area contributed by atoms with Gasteiger partial charge in [0.2, 0.25) is 5.43 Å². The molecule has 0 aliphatic carbocycles. The van der Waals surface area contributed by atoms with Gasteiger partial charge < -0.3 is 15.3 Å². The van der Waals surface area contributed by atoms with Crippen LogP contribution in [0.3, 0.4) is 0 Å². The summed E-state index contributed by atoms with van der Waals surface area (Å²) >= 11 is 5.88. The van der Waals surface area contributed by atoms with Crippen LogP contribution in [-0.2, 0) is 6.42 Å². The number of amides is 1. The SMILES string of the molecule is O=C(NCCc1cnc[nH]1)c1c[nH]c2cc(Cl)ccc2c1=O. The average molecular weight is 317 g/mol. The zero-order valence-corrected chi connectivity index (χ0v) is 12.3. The zero-order chi connectivity index (χ0) is 15.5. The van der Waals surface area contributed by atoms with Crippen molar-refractivity contribution in [3.8, 4) is 0 Å². The zero-order valence-electron chi connectivity index (χ0n) is 11.5.